The minimum absolute atomic E-state index is 0.377. The van der Waals surface area contributed by atoms with Crippen LogP contribution in [0.5, 0.6) is 0 Å². The largest absolute Gasteiger partial charge is 0.445 e. The lowest BCUT2D eigenvalue weighted by Gasteiger charge is -1.97. The number of rotatable bonds is 1. The Kier molecular flexibility index (Phi) is 1.77. The lowest BCUT2D eigenvalue weighted by molar-refractivity contribution is 0.524. The van der Waals surface area contributed by atoms with Crippen molar-refractivity contribution in [2.75, 3.05) is 11.5 Å². The molecule has 0 saturated carbocycles. The number of nitrogens with two attached hydrogens (primary N) is 2. The van der Waals surface area contributed by atoms with Gasteiger partial charge in [-0.05, 0) is 15.9 Å². The van der Waals surface area contributed by atoms with Gasteiger partial charge in [0.1, 0.15) is 6.26 Å². The van der Waals surface area contributed by atoms with Gasteiger partial charge in [0, 0.05) is 6.07 Å². The Morgan fingerprint density at radius 3 is 2.69 bits per heavy atom. The van der Waals surface area contributed by atoms with E-state index >= 15 is 0 Å². The molecule has 0 saturated heterocycles. The number of aromatic nitrogens is 2. The maximum absolute atomic E-state index is 5.64. The fourth-order valence-electron chi connectivity index (χ4n) is 0.960. The van der Waals surface area contributed by atoms with E-state index in [1.165, 1.54) is 10.9 Å². The van der Waals surface area contributed by atoms with Gasteiger partial charge in [0.2, 0.25) is 5.88 Å². The van der Waals surface area contributed by atoms with Crippen LogP contribution < -0.4 is 11.5 Å². The maximum Gasteiger partial charge on any atom is 0.222 e. The number of anilines is 2. The van der Waals surface area contributed by atoms with Crippen LogP contribution in [0, 0.1) is 0 Å². The smallest absolute Gasteiger partial charge is 0.222 e. The zero-order chi connectivity index (χ0) is 9.42. The van der Waals surface area contributed by atoms with Crippen LogP contribution in [0.1, 0.15) is 0 Å². The molecular weight excluding hydrogens is 236 g/mol. The van der Waals surface area contributed by atoms with E-state index in [9.17, 15) is 0 Å². The summed E-state index contributed by atoms with van der Waals surface area (Å²) in [5, 5.41) is 3.95. The number of furan rings is 1. The van der Waals surface area contributed by atoms with Crippen LogP contribution in [0.15, 0.2) is 27.4 Å². The Labute approximate surface area is 82.4 Å². The molecule has 6 heteroatoms. The average Bonchev–Trinajstić information content (AvgIpc) is 2.62. The predicted molar refractivity (Wildman–Crippen MR) is 52.4 cm³/mol. The molecule has 0 fully saturated rings. The molecule has 0 spiro atoms. The molecule has 0 unspecified atom stereocenters. The molecule has 2 heterocycles. The van der Waals surface area contributed by atoms with Gasteiger partial charge in [-0.3, -0.25) is 0 Å². The molecule has 2 rings (SSSR count). The van der Waals surface area contributed by atoms with E-state index in [2.05, 4.69) is 21.0 Å². The highest BCUT2D eigenvalue weighted by Gasteiger charge is 2.08. The molecular formula is C7H7BrN4O. The molecule has 0 bridgehead atoms. The molecule has 4 N–H and O–H groups in total. The van der Waals surface area contributed by atoms with Gasteiger partial charge < -0.3 is 15.9 Å². The van der Waals surface area contributed by atoms with Crippen LogP contribution in [-0.4, -0.2) is 9.78 Å². The fourth-order valence-corrected chi connectivity index (χ4v) is 1.25. The minimum atomic E-state index is 0.377. The van der Waals surface area contributed by atoms with Crippen molar-refractivity contribution in [3.8, 4) is 5.88 Å². The Bertz CT molecular complexity index is 433. The third kappa shape index (κ3) is 1.29. The van der Waals surface area contributed by atoms with Crippen LogP contribution in [0.4, 0.5) is 11.5 Å². The zero-order valence-corrected chi connectivity index (χ0v) is 8.15. The average molecular weight is 243 g/mol. The fraction of sp³-hybridized carbons (Fsp3) is 0. The first-order valence-electron chi connectivity index (χ1n) is 3.52. The first kappa shape index (κ1) is 8.18. The van der Waals surface area contributed by atoms with E-state index in [1.807, 2.05) is 0 Å². The van der Waals surface area contributed by atoms with Crippen molar-refractivity contribution < 1.29 is 4.42 Å². The molecule has 2 aromatic rings. The van der Waals surface area contributed by atoms with Crippen molar-refractivity contribution in [1.29, 1.82) is 0 Å². The number of halogens is 1. The number of hydrogen-bond acceptors (Lipinski definition) is 4. The van der Waals surface area contributed by atoms with Crippen molar-refractivity contribution >= 4 is 27.4 Å². The molecule has 0 atom stereocenters. The van der Waals surface area contributed by atoms with Gasteiger partial charge in [0.05, 0.1) is 16.4 Å². The van der Waals surface area contributed by atoms with Crippen LogP contribution in [0.25, 0.3) is 5.88 Å². The summed E-state index contributed by atoms with van der Waals surface area (Å²) < 4.78 is 7.42. The van der Waals surface area contributed by atoms with E-state index in [-0.39, 0.29) is 0 Å². The van der Waals surface area contributed by atoms with Gasteiger partial charge >= 0.3 is 0 Å². The number of nitrogen functional groups attached to an aromatic ring is 2. The zero-order valence-electron chi connectivity index (χ0n) is 6.57. The van der Waals surface area contributed by atoms with Crippen molar-refractivity contribution in [3.63, 3.8) is 0 Å². The third-order valence-corrected chi connectivity index (χ3v) is 2.01. The highest BCUT2D eigenvalue weighted by Crippen LogP contribution is 2.22. The topological polar surface area (TPSA) is 83.0 Å². The summed E-state index contributed by atoms with van der Waals surface area (Å²) in [5.74, 6) is 0.905. The molecule has 68 valence electrons. The van der Waals surface area contributed by atoms with Gasteiger partial charge in [-0.25, -0.2) is 0 Å². The second-order valence-corrected chi connectivity index (χ2v) is 3.42. The highest BCUT2D eigenvalue weighted by atomic mass is 79.9. The Morgan fingerprint density at radius 2 is 2.23 bits per heavy atom. The monoisotopic (exact) mass is 242 g/mol. The Morgan fingerprint density at radius 1 is 1.46 bits per heavy atom. The van der Waals surface area contributed by atoms with Crippen molar-refractivity contribution in [3.05, 3.63) is 23.0 Å². The Hall–Kier alpha value is -1.43. The molecule has 13 heavy (non-hydrogen) atoms. The third-order valence-electron chi connectivity index (χ3n) is 1.60. The molecule has 0 aliphatic heterocycles. The molecule has 5 nitrogen and oxygen atoms in total. The summed E-state index contributed by atoms with van der Waals surface area (Å²) in [6.07, 6.45) is 3.03. The molecule has 0 aliphatic carbocycles. The summed E-state index contributed by atoms with van der Waals surface area (Å²) in [6, 6.07) is 1.75. The molecule has 0 aliphatic rings. The first-order valence-corrected chi connectivity index (χ1v) is 4.31. The second kappa shape index (κ2) is 2.81. The van der Waals surface area contributed by atoms with Gasteiger partial charge in [-0.1, -0.05) is 0 Å². The molecule has 0 aromatic carbocycles. The van der Waals surface area contributed by atoms with E-state index in [0.29, 0.717) is 17.4 Å². The summed E-state index contributed by atoms with van der Waals surface area (Å²) in [4.78, 5) is 0. The van der Waals surface area contributed by atoms with Gasteiger partial charge in [0.15, 0.2) is 5.82 Å². The van der Waals surface area contributed by atoms with Crippen molar-refractivity contribution in [2.24, 2.45) is 0 Å². The lowest BCUT2D eigenvalue weighted by atomic mass is 10.5. The number of nitrogens with zero attached hydrogens (tertiary/aromatic N) is 2. The molecule has 2 aromatic heterocycles. The lowest BCUT2D eigenvalue weighted by Crippen LogP contribution is -2.01. The van der Waals surface area contributed by atoms with Gasteiger partial charge in [-0.15, -0.1) is 0 Å². The standard InChI is InChI=1S/C7H7BrN4O/c8-4-1-6(13-3-4)12-7(10)5(9)2-11-12/h1-3H,9-10H2. The summed E-state index contributed by atoms with van der Waals surface area (Å²) in [6.45, 7) is 0. The van der Waals surface area contributed by atoms with Crippen LogP contribution in [0.3, 0.4) is 0 Å². The Balaban J connectivity index is 2.52. The van der Waals surface area contributed by atoms with Crippen molar-refractivity contribution in [2.45, 2.75) is 0 Å². The maximum atomic E-state index is 5.64. The van der Waals surface area contributed by atoms with Crippen LogP contribution >= 0.6 is 15.9 Å². The van der Waals surface area contributed by atoms with Gasteiger partial charge in [-0.2, -0.15) is 9.78 Å². The number of hydrogen-bond donors (Lipinski definition) is 2. The summed E-state index contributed by atoms with van der Waals surface area (Å²) >= 11 is 3.25. The second-order valence-electron chi connectivity index (χ2n) is 2.50. The van der Waals surface area contributed by atoms with E-state index in [1.54, 1.807) is 12.3 Å². The highest BCUT2D eigenvalue weighted by molar-refractivity contribution is 9.10. The summed E-state index contributed by atoms with van der Waals surface area (Å²) in [5.41, 5.74) is 11.6. The van der Waals surface area contributed by atoms with E-state index < -0.39 is 0 Å². The van der Waals surface area contributed by atoms with Crippen LogP contribution in [0.2, 0.25) is 0 Å². The molecule has 0 radical (unpaired) electrons. The minimum Gasteiger partial charge on any atom is -0.445 e. The SMILES string of the molecule is Nc1cnn(-c2cc(Br)co2)c1N. The van der Waals surface area contributed by atoms with Crippen molar-refractivity contribution in [1.82, 2.24) is 9.78 Å². The van der Waals surface area contributed by atoms with E-state index in [0.717, 1.165) is 4.47 Å². The summed E-state index contributed by atoms with van der Waals surface area (Å²) in [7, 11) is 0. The normalized spacial score (nSPS) is 10.5. The quantitative estimate of drug-likeness (QED) is 0.792. The van der Waals surface area contributed by atoms with E-state index in [4.69, 9.17) is 15.9 Å². The predicted octanol–water partition coefficient (Wildman–Crippen LogP) is 1.39. The van der Waals surface area contributed by atoms with Crippen LogP contribution in [-0.2, 0) is 0 Å². The molecule has 0 amide bonds. The van der Waals surface area contributed by atoms with Gasteiger partial charge in [0.25, 0.3) is 0 Å². The first-order chi connectivity index (χ1) is 6.18.